The van der Waals surface area contributed by atoms with E-state index in [0.29, 0.717) is 0 Å². The standard InChI is InChI=1S/C9H8N2O4S/c1-5(12)10-7-4-2-3-6-8(7)16(14,15)11-9(6)13/h2-4H,1H3,(H,10,12)(H,11,13). The number of hydrogen-bond acceptors (Lipinski definition) is 4. The molecule has 2 N–H and O–H groups in total. The Balaban J connectivity index is 2.68. The molecule has 1 aliphatic rings. The van der Waals surface area contributed by atoms with E-state index in [9.17, 15) is 18.0 Å². The molecule has 1 aliphatic heterocycles. The molecule has 0 fully saturated rings. The zero-order chi connectivity index (χ0) is 11.9. The fourth-order valence-electron chi connectivity index (χ4n) is 1.52. The second-order valence-corrected chi connectivity index (χ2v) is 4.92. The van der Waals surface area contributed by atoms with Gasteiger partial charge in [0, 0.05) is 6.92 Å². The molecule has 0 aliphatic carbocycles. The zero-order valence-electron chi connectivity index (χ0n) is 8.27. The molecule has 6 nitrogen and oxygen atoms in total. The lowest BCUT2D eigenvalue weighted by molar-refractivity contribution is -0.114. The summed E-state index contributed by atoms with van der Waals surface area (Å²) in [6, 6.07) is 4.32. The van der Waals surface area contributed by atoms with Crippen molar-refractivity contribution < 1.29 is 18.0 Å². The Labute approximate surface area is 91.7 Å². The molecule has 0 bridgehead atoms. The molecule has 2 amide bonds. The van der Waals surface area contributed by atoms with E-state index in [1.807, 2.05) is 4.72 Å². The number of nitrogens with one attached hydrogen (secondary N) is 2. The van der Waals surface area contributed by atoms with Crippen molar-refractivity contribution in [1.82, 2.24) is 4.72 Å². The number of anilines is 1. The topological polar surface area (TPSA) is 92.3 Å². The van der Waals surface area contributed by atoms with Crippen LogP contribution < -0.4 is 10.0 Å². The molecule has 2 rings (SSSR count). The molecule has 84 valence electrons. The molecule has 1 aromatic carbocycles. The van der Waals surface area contributed by atoms with Crippen LogP contribution in [0.3, 0.4) is 0 Å². The molecule has 0 saturated carbocycles. The quantitative estimate of drug-likeness (QED) is 0.727. The first-order chi connectivity index (χ1) is 7.42. The number of hydrogen-bond donors (Lipinski definition) is 2. The van der Waals surface area contributed by atoms with Crippen LogP contribution in [0.4, 0.5) is 5.69 Å². The van der Waals surface area contributed by atoms with Gasteiger partial charge >= 0.3 is 0 Å². The van der Waals surface area contributed by atoms with Crippen molar-refractivity contribution in [3.63, 3.8) is 0 Å². The van der Waals surface area contributed by atoms with E-state index in [-0.39, 0.29) is 16.1 Å². The van der Waals surface area contributed by atoms with Crippen molar-refractivity contribution in [3.8, 4) is 0 Å². The van der Waals surface area contributed by atoms with E-state index in [1.165, 1.54) is 25.1 Å². The number of carbonyl (C=O) groups excluding carboxylic acids is 2. The molecule has 0 saturated heterocycles. The van der Waals surface area contributed by atoms with Gasteiger partial charge < -0.3 is 5.32 Å². The van der Waals surface area contributed by atoms with E-state index < -0.39 is 21.8 Å². The van der Waals surface area contributed by atoms with Gasteiger partial charge in [-0.3, -0.25) is 9.59 Å². The molecule has 16 heavy (non-hydrogen) atoms. The molecule has 0 atom stereocenters. The summed E-state index contributed by atoms with van der Waals surface area (Å²) in [5.41, 5.74) is 0.162. The van der Waals surface area contributed by atoms with E-state index in [0.717, 1.165) is 0 Å². The van der Waals surface area contributed by atoms with Crippen LogP contribution in [0.2, 0.25) is 0 Å². The van der Waals surface area contributed by atoms with Gasteiger partial charge in [-0.1, -0.05) is 6.07 Å². The third-order valence-corrected chi connectivity index (χ3v) is 3.50. The summed E-state index contributed by atoms with van der Waals surface area (Å²) in [6.45, 7) is 1.26. The fourth-order valence-corrected chi connectivity index (χ4v) is 2.84. The Hall–Kier alpha value is -1.89. The first-order valence-corrected chi connectivity index (χ1v) is 5.88. The maximum atomic E-state index is 11.6. The van der Waals surface area contributed by atoms with Crippen molar-refractivity contribution in [2.24, 2.45) is 0 Å². The van der Waals surface area contributed by atoms with E-state index in [4.69, 9.17) is 0 Å². The number of amides is 2. The summed E-state index contributed by atoms with van der Waals surface area (Å²) in [5.74, 6) is -1.08. The number of benzene rings is 1. The summed E-state index contributed by atoms with van der Waals surface area (Å²) in [4.78, 5) is 22.0. The normalized spacial score (nSPS) is 16.4. The van der Waals surface area contributed by atoms with Gasteiger partial charge in [-0.15, -0.1) is 0 Å². The Kier molecular flexibility index (Phi) is 2.20. The number of sulfonamides is 1. The van der Waals surface area contributed by atoms with Gasteiger partial charge in [0.05, 0.1) is 11.3 Å². The molecule has 1 heterocycles. The van der Waals surface area contributed by atoms with E-state index in [2.05, 4.69) is 5.32 Å². The molecular weight excluding hydrogens is 232 g/mol. The number of fused-ring (bicyclic) bond motifs is 1. The largest absolute Gasteiger partial charge is 0.325 e. The molecule has 0 unspecified atom stereocenters. The lowest BCUT2D eigenvalue weighted by Crippen LogP contribution is -2.21. The van der Waals surface area contributed by atoms with Gasteiger partial charge in [0.1, 0.15) is 4.90 Å². The van der Waals surface area contributed by atoms with Crippen molar-refractivity contribution in [2.75, 3.05) is 5.32 Å². The Morgan fingerprint density at radius 1 is 1.38 bits per heavy atom. The maximum Gasteiger partial charge on any atom is 0.267 e. The van der Waals surface area contributed by atoms with Gasteiger partial charge in [-0.25, -0.2) is 13.1 Å². The lowest BCUT2D eigenvalue weighted by atomic mass is 10.2. The summed E-state index contributed by atoms with van der Waals surface area (Å²) < 4.78 is 25.0. The molecule has 0 aromatic heterocycles. The average molecular weight is 240 g/mol. The van der Waals surface area contributed by atoms with Gasteiger partial charge in [-0.05, 0) is 12.1 Å². The first kappa shape index (κ1) is 10.6. The predicted molar refractivity (Wildman–Crippen MR) is 55.4 cm³/mol. The van der Waals surface area contributed by atoms with Crippen LogP contribution in [0, 0.1) is 0 Å². The predicted octanol–water partition coefficient (Wildman–Crippen LogP) is 0.0771. The Morgan fingerprint density at radius 2 is 2.06 bits per heavy atom. The van der Waals surface area contributed by atoms with Crippen LogP contribution in [0.5, 0.6) is 0 Å². The van der Waals surface area contributed by atoms with Crippen LogP contribution in [0.15, 0.2) is 23.1 Å². The maximum absolute atomic E-state index is 11.6. The number of rotatable bonds is 1. The summed E-state index contributed by atoms with van der Waals surface area (Å²) >= 11 is 0. The third-order valence-electron chi connectivity index (χ3n) is 2.07. The number of carbonyl (C=O) groups is 2. The third kappa shape index (κ3) is 1.54. The van der Waals surface area contributed by atoms with Crippen molar-refractivity contribution in [2.45, 2.75) is 11.8 Å². The summed E-state index contributed by atoms with van der Waals surface area (Å²) in [5, 5.41) is 2.37. The van der Waals surface area contributed by atoms with E-state index >= 15 is 0 Å². The second kappa shape index (κ2) is 3.31. The highest BCUT2D eigenvalue weighted by Crippen LogP contribution is 2.29. The SMILES string of the molecule is CC(=O)Nc1cccc2c1S(=O)(=O)NC2=O. The molecule has 1 aromatic rings. The minimum Gasteiger partial charge on any atom is -0.325 e. The smallest absolute Gasteiger partial charge is 0.267 e. The van der Waals surface area contributed by atoms with Gasteiger partial charge in [0.2, 0.25) is 5.91 Å². The van der Waals surface area contributed by atoms with Crippen LogP contribution in [-0.2, 0) is 14.8 Å². The van der Waals surface area contributed by atoms with Crippen molar-refractivity contribution >= 4 is 27.5 Å². The lowest BCUT2D eigenvalue weighted by Gasteiger charge is -2.05. The molecule has 7 heteroatoms. The Morgan fingerprint density at radius 3 is 2.69 bits per heavy atom. The van der Waals surface area contributed by atoms with Gasteiger partial charge in [-0.2, -0.15) is 0 Å². The Bertz CT molecular complexity index is 592. The fraction of sp³-hybridized carbons (Fsp3) is 0.111. The van der Waals surface area contributed by atoms with Crippen LogP contribution in [0.25, 0.3) is 0 Å². The monoisotopic (exact) mass is 240 g/mol. The van der Waals surface area contributed by atoms with Gasteiger partial charge in [0.15, 0.2) is 0 Å². The van der Waals surface area contributed by atoms with Crippen LogP contribution in [-0.4, -0.2) is 20.2 Å². The van der Waals surface area contributed by atoms with Gasteiger partial charge in [0.25, 0.3) is 15.9 Å². The summed E-state index contributed by atoms with van der Waals surface area (Å²) in [7, 11) is -3.85. The highest BCUT2D eigenvalue weighted by atomic mass is 32.2. The minimum absolute atomic E-state index is 0.0475. The van der Waals surface area contributed by atoms with Crippen molar-refractivity contribution in [3.05, 3.63) is 23.8 Å². The molecule has 0 spiro atoms. The summed E-state index contributed by atoms with van der Waals surface area (Å²) in [6.07, 6.45) is 0. The minimum atomic E-state index is -3.85. The average Bonchev–Trinajstić information content (AvgIpc) is 2.37. The molecule has 0 radical (unpaired) electrons. The second-order valence-electron chi connectivity index (χ2n) is 3.30. The van der Waals surface area contributed by atoms with Crippen LogP contribution >= 0.6 is 0 Å². The molecular formula is C9H8N2O4S. The van der Waals surface area contributed by atoms with Crippen LogP contribution in [0.1, 0.15) is 17.3 Å². The van der Waals surface area contributed by atoms with E-state index in [1.54, 1.807) is 0 Å². The highest BCUT2D eigenvalue weighted by molar-refractivity contribution is 7.90. The van der Waals surface area contributed by atoms with Crippen molar-refractivity contribution in [1.29, 1.82) is 0 Å². The highest BCUT2D eigenvalue weighted by Gasteiger charge is 2.35. The first-order valence-electron chi connectivity index (χ1n) is 4.39. The zero-order valence-corrected chi connectivity index (χ0v) is 9.09.